The van der Waals surface area contributed by atoms with Gasteiger partial charge in [-0.2, -0.15) is 5.10 Å². The van der Waals surface area contributed by atoms with Gasteiger partial charge >= 0.3 is 5.97 Å². The van der Waals surface area contributed by atoms with Gasteiger partial charge in [-0.1, -0.05) is 6.92 Å². The molecule has 0 saturated carbocycles. The number of aryl methyl sites for hydroxylation is 2. The Morgan fingerprint density at radius 3 is 2.80 bits per heavy atom. The highest BCUT2D eigenvalue weighted by atomic mass is 16.5. The molecule has 0 unspecified atom stereocenters. The lowest BCUT2D eigenvalue weighted by atomic mass is 10.0. The topological polar surface area (TPSA) is 99.9 Å². The quantitative estimate of drug-likeness (QED) is 0.693. The third-order valence-corrected chi connectivity index (χ3v) is 5.49. The van der Waals surface area contributed by atoms with Crippen LogP contribution in [0.1, 0.15) is 44.9 Å². The fourth-order valence-corrected chi connectivity index (χ4v) is 3.92. The van der Waals surface area contributed by atoms with Gasteiger partial charge in [0, 0.05) is 25.8 Å². The summed E-state index contributed by atoms with van der Waals surface area (Å²) in [5.74, 6) is 0.0791. The first kappa shape index (κ1) is 20.6. The summed E-state index contributed by atoms with van der Waals surface area (Å²) in [5, 5.41) is 9.15. The summed E-state index contributed by atoms with van der Waals surface area (Å²) in [6.45, 7) is 8.59. The molecule has 2 aromatic heterocycles. The van der Waals surface area contributed by atoms with Crippen molar-refractivity contribution < 1.29 is 19.0 Å². The number of esters is 1. The largest absolute Gasteiger partial charge is 0.474 e. The van der Waals surface area contributed by atoms with Gasteiger partial charge in [0.25, 0.3) is 0 Å². The first-order chi connectivity index (χ1) is 14.7. The van der Waals surface area contributed by atoms with Gasteiger partial charge in [0.1, 0.15) is 6.61 Å². The Morgan fingerprint density at radius 2 is 2.10 bits per heavy atom. The highest BCUT2D eigenvalue weighted by molar-refractivity contribution is 6.09. The van der Waals surface area contributed by atoms with Gasteiger partial charge in [-0.05, 0) is 33.1 Å². The van der Waals surface area contributed by atoms with E-state index in [-0.39, 0.29) is 18.6 Å². The summed E-state index contributed by atoms with van der Waals surface area (Å²) in [4.78, 5) is 21.6. The molecule has 0 amide bonds. The van der Waals surface area contributed by atoms with Gasteiger partial charge in [-0.25, -0.2) is 19.5 Å². The number of hydrogen-bond donors (Lipinski definition) is 1. The minimum absolute atomic E-state index is 0.181. The lowest BCUT2D eigenvalue weighted by Crippen LogP contribution is -2.29. The van der Waals surface area contributed by atoms with Crippen LogP contribution in [0.15, 0.2) is 11.2 Å². The molecule has 30 heavy (non-hydrogen) atoms. The number of carbonyl (C=O) groups is 1. The van der Waals surface area contributed by atoms with E-state index in [4.69, 9.17) is 19.2 Å². The first-order valence-corrected chi connectivity index (χ1v) is 10.8. The van der Waals surface area contributed by atoms with Gasteiger partial charge in [-0.15, -0.1) is 0 Å². The number of fused-ring (bicyclic) bond motifs is 1. The van der Waals surface area contributed by atoms with E-state index in [0.29, 0.717) is 18.9 Å². The molecule has 0 aromatic carbocycles. The van der Waals surface area contributed by atoms with E-state index in [2.05, 4.69) is 22.3 Å². The highest BCUT2D eigenvalue weighted by Gasteiger charge is 2.32. The van der Waals surface area contributed by atoms with Crippen LogP contribution in [0.5, 0.6) is 0 Å². The average molecular weight is 415 g/mol. The Hall–Kier alpha value is -2.68. The number of aromatic nitrogens is 3. The average Bonchev–Trinajstić information content (AvgIpc) is 3.41. The van der Waals surface area contributed by atoms with Crippen molar-refractivity contribution in [3.63, 3.8) is 0 Å². The molecular formula is C21H29N5O4. The molecular weight excluding hydrogens is 386 g/mol. The summed E-state index contributed by atoms with van der Waals surface area (Å²) in [7, 11) is 0. The number of nitrogens with one attached hydrogen (secondary N) is 1. The highest BCUT2D eigenvalue weighted by Crippen LogP contribution is 2.33. The normalized spacial score (nSPS) is 19.6. The maximum atomic E-state index is 12.2. The zero-order chi connectivity index (χ0) is 21.1. The van der Waals surface area contributed by atoms with Crippen LogP contribution < -0.4 is 5.32 Å². The van der Waals surface area contributed by atoms with E-state index in [1.54, 1.807) is 6.92 Å². The van der Waals surface area contributed by atoms with Crippen LogP contribution in [0.4, 0.5) is 5.69 Å². The summed E-state index contributed by atoms with van der Waals surface area (Å²) in [6, 6.07) is -0.365. The van der Waals surface area contributed by atoms with Crippen LogP contribution in [-0.2, 0) is 32.0 Å². The fraction of sp³-hybridized carbons (Fsp3) is 0.619. The molecule has 1 fully saturated rings. The zero-order valence-electron chi connectivity index (χ0n) is 17.8. The van der Waals surface area contributed by atoms with Crippen molar-refractivity contribution in [2.75, 3.05) is 31.7 Å². The molecule has 2 aliphatic heterocycles. The van der Waals surface area contributed by atoms with Gasteiger partial charge in [0.15, 0.2) is 11.7 Å². The van der Waals surface area contributed by atoms with Gasteiger partial charge in [-0.3, -0.25) is 0 Å². The van der Waals surface area contributed by atoms with Crippen molar-refractivity contribution in [2.45, 2.75) is 58.7 Å². The maximum Gasteiger partial charge on any atom is 0.334 e. The second-order valence-corrected chi connectivity index (χ2v) is 7.40. The van der Waals surface area contributed by atoms with E-state index in [1.807, 2.05) is 17.8 Å². The zero-order valence-corrected chi connectivity index (χ0v) is 17.8. The number of aliphatic imine (C=N–C) groups is 1. The molecule has 2 aromatic rings. The van der Waals surface area contributed by atoms with Crippen molar-refractivity contribution in [3.05, 3.63) is 17.5 Å². The molecule has 1 atom stereocenters. The Kier molecular flexibility index (Phi) is 6.17. The standard InChI is InChI=1S/C21H29N5O4/c1-4-15-17(20-25-16(12-30-20)21(27)29-6-3)18(23-13-7-9-28-10-8-13)14-11-22-26(5-2)19(14)24-15/h11,13,16H,4-10,12H2,1-3H3,(H,23,24)/t16-/m0/s1. The molecule has 0 radical (unpaired) electrons. The van der Waals surface area contributed by atoms with Crippen molar-refractivity contribution in [1.82, 2.24) is 14.8 Å². The summed E-state index contributed by atoms with van der Waals surface area (Å²) in [5.41, 5.74) is 3.45. The van der Waals surface area contributed by atoms with Crippen LogP contribution >= 0.6 is 0 Å². The van der Waals surface area contributed by atoms with Crippen LogP contribution in [-0.4, -0.2) is 65.1 Å². The summed E-state index contributed by atoms with van der Waals surface area (Å²) >= 11 is 0. The number of anilines is 1. The fourth-order valence-electron chi connectivity index (χ4n) is 3.92. The maximum absolute atomic E-state index is 12.2. The van der Waals surface area contributed by atoms with Crippen LogP contribution in [0.3, 0.4) is 0 Å². The van der Waals surface area contributed by atoms with Crippen molar-refractivity contribution in [1.29, 1.82) is 0 Å². The van der Waals surface area contributed by atoms with Gasteiger partial charge in [0.2, 0.25) is 5.90 Å². The third kappa shape index (κ3) is 3.86. The van der Waals surface area contributed by atoms with Gasteiger partial charge in [0.05, 0.1) is 35.1 Å². The number of rotatable bonds is 7. The lowest BCUT2D eigenvalue weighted by Gasteiger charge is -2.26. The monoisotopic (exact) mass is 415 g/mol. The number of pyridine rings is 1. The number of carbonyl (C=O) groups excluding carboxylic acids is 1. The molecule has 1 saturated heterocycles. The van der Waals surface area contributed by atoms with Crippen LogP contribution in [0.2, 0.25) is 0 Å². The molecule has 0 bridgehead atoms. The van der Waals surface area contributed by atoms with Crippen molar-refractivity contribution in [2.24, 2.45) is 4.99 Å². The molecule has 9 nitrogen and oxygen atoms in total. The molecule has 4 rings (SSSR count). The summed E-state index contributed by atoms with van der Waals surface area (Å²) < 4.78 is 18.4. The Labute approximate surface area is 175 Å². The molecule has 1 N–H and O–H groups in total. The van der Waals surface area contributed by atoms with Crippen molar-refractivity contribution in [3.8, 4) is 0 Å². The molecule has 0 spiro atoms. The lowest BCUT2D eigenvalue weighted by molar-refractivity contribution is -0.144. The first-order valence-electron chi connectivity index (χ1n) is 10.8. The molecule has 0 aliphatic carbocycles. The molecule has 162 valence electrons. The van der Waals surface area contributed by atoms with Crippen LogP contribution in [0, 0.1) is 0 Å². The SMILES string of the molecule is CCOC(=O)[C@@H]1COC(c2c(CC)nc3c(cnn3CC)c2NC2CCOCC2)=N1. The van der Waals surface area contributed by atoms with Crippen molar-refractivity contribution >= 4 is 28.6 Å². The van der Waals surface area contributed by atoms with E-state index >= 15 is 0 Å². The predicted molar refractivity (Wildman–Crippen MR) is 113 cm³/mol. The third-order valence-electron chi connectivity index (χ3n) is 5.49. The Bertz CT molecular complexity index is 949. The van der Waals surface area contributed by atoms with Crippen LogP contribution in [0.25, 0.3) is 11.0 Å². The van der Waals surface area contributed by atoms with E-state index < -0.39 is 6.04 Å². The van der Waals surface area contributed by atoms with Gasteiger partial charge < -0.3 is 19.5 Å². The van der Waals surface area contributed by atoms with E-state index in [0.717, 1.165) is 60.6 Å². The number of nitrogens with zero attached hydrogens (tertiary/aromatic N) is 4. The van der Waals surface area contributed by atoms with E-state index in [9.17, 15) is 4.79 Å². The minimum atomic E-state index is -0.644. The smallest absolute Gasteiger partial charge is 0.334 e. The minimum Gasteiger partial charge on any atom is -0.474 e. The molecule has 9 heteroatoms. The predicted octanol–water partition coefficient (Wildman–Crippen LogP) is 2.31. The molecule has 2 aliphatic rings. The number of hydrogen-bond acceptors (Lipinski definition) is 8. The Balaban J connectivity index is 1.81. The summed E-state index contributed by atoms with van der Waals surface area (Å²) in [6.07, 6.45) is 4.39. The second kappa shape index (κ2) is 8.99. The van der Waals surface area contributed by atoms with E-state index in [1.165, 1.54) is 0 Å². The Morgan fingerprint density at radius 1 is 1.30 bits per heavy atom. The second-order valence-electron chi connectivity index (χ2n) is 7.40. The number of ether oxygens (including phenoxy) is 3. The molecule has 4 heterocycles.